The average Bonchev–Trinajstić information content (AvgIpc) is 3.39. The molecule has 0 aliphatic rings. The summed E-state index contributed by atoms with van der Waals surface area (Å²) < 4.78 is 0. The molecule has 0 spiro atoms. The Morgan fingerprint density at radius 3 is 0.603 bits per heavy atom. The number of nitrogens with zero attached hydrogens (tertiary/aromatic N) is 3. The van der Waals surface area contributed by atoms with Gasteiger partial charge < -0.3 is 14.7 Å². The fourth-order valence-electron chi connectivity index (χ4n) is 11.7. The SMILES string of the molecule is CCCCCCCCN(CCCCCCCC)c1ccc(C(c2ccc(N(CCCCCCCC)CCCCCCCC)cc2C)c2ccc(N(CCCCCCCC)CCCCCCCC)cc2C)c(C)c1. The number of rotatable bonds is 48. The Labute approximate surface area is 456 Å². The first-order valence-electron chi connectivity index (χ1n) is 32.4. The third-order valence-corrected chi connectivity index (χ3v) is 16.5. The molecule has 0 bridgehead atoms. The molecule has 0 atom stereocenters. The van der Waals surface area contributed by atoms with E-state index in [9.17, 15) is 0 Å². The predicted octanol–water partition coefficient (Wildman–Crippen LogP) is 22.4. The van der Waals surface area contributed by atoms with Crippen molar-refractivity contribution in [1.82, 2.24) is 0 Å². The summed E-state index contributed by atoms with van der Waals surface area (Å²) in [6.45, 7) is 28.3. The Morgan fingerprint density at radius 2 is 0.425 bits per heavy atom. The molecule has 3 rings (SSSR count). The van der Waals surface area contributed by atoms with Crippen LogP contribution in [-0.4, -0.2) is 39.3 Å². The van der Waals surface area contributed by atoms with Crippen LogP contribution in [0.25, 0.3) is 0 Å². The van der Waals surface area contributed by atoms with Crippen molar-refractivity contribution in [1.29, 1.82) is 0 Å². The van der Waals surface area contributed by atoms with Gasteiger partial charge in [0.15, 0.2) is 0 Å². The van der Waals surface area contributed by atoms with E-state index in [4.69, 9.17) is 0 Å². The lowest BCUT2D eigenvalue weighted by molar-refractivity contribution is 0.574. The van der Waals surface area contributed by atoms with Crippen molar-refractivity contribution in [3.05, 3.63) is 88.0 Å². The van der Waals surface area contributed by atoms with Gasteiger partial charge in [-0.1, -0.05) is 252 Å². The number of hydrogen-bond acceptors (Lipinski definition) is 3. The molecule has 0 heterocycles. The molecule has 3 aromatic carbocycles. The molecule has 0 N–H and O–H groups in total. The van der Waals surface area contributed by atoms with Gasteiger partial charge in [-0.3, -0.25) is 0 Å². The summed E-state index contributed by atoms with van der Waals surface area (Å²) in [5, 5.41) is 0. The standard InChI is InChI=1S/C70H121N3/c1-10-16-22-28-34-40-52-71(53-41-35-29-23-17-11-2)64-46-49-67(61(7)58-64)70(68-50-47-65(59-62(68)8)72(54-42-36-30-24-18-12-3)55-43-37-31-25-19-13-4)69-51-48-66(60-63(69)9)73(56-44-38-32-26-20-14-5)57-45-39-33-27-21-15-6/h46-51,58-60,70H,10-45,52-57H2,1-9H3. The zero-order valence-electron chi connectivity index (χ0n) is 50.3. The Balaban J connectivity index is 2.08. The van der Waals surface area contributed by atoms with Gasteiger partial charge in [-0.15, -0.1) is 0 Å². The minimum atomic E-state index is 0.180. The molecule has 416 valence electrons. The molecule has 0 unspecified atom stereocenters. The van der Waals surface area contributed by atoms with E-state index >= 15 is 0 Å². The fourth-order valence-corrected chi connectivity index (χ4v) is 11.7. The molecule has 0 saturated carbocycles. The maximum Gasteiger partial charge on any atom is 0.0369 e. The molecule has 3 nitrogen and oxygen atoms in total. The Kier molecular flexibility index (Phi) is 37.2. The summed E-state index contributed by atoms with van der Waals surface area (Å²) in [6, 6.07) is 22.9. The van der Waals surface area contributed by atoms with Gasteiger partial charge in [0.05, 0.1) is 0 Å². The number of anilines is 3. The molecule has 0 aliphatic carbocycles. The molecule has 0 fully saturated rings. The van der Waals surface area contributed by atoms with Gasteiger partial charge in [-0.2, -0.15) is 0 Å². The van der Waals surface area contributed by atoms with E-state index in [1.54, 1.807) is 0 Å². The lowest BCUT2D eigenvalue weighted by atomic mass is 9.79. The molecule has 0 aromatic heterocycles. The monoisotopic (exact) mass is 1000 g/mol. The van der Waals surface area contributed by atoms with Crippen LogP contribution in [0.1, 0.15) is 312 Å². The largest absolute Gasteiger partial charge is 0.372 e. The van der Waals surface area contributed by atoms with Crippen LogP contribution < -0.4 is 14.7 Å². The molecule has 0 aliphatic heterocycles. The van der Waals surface area contributed by atoms with Crippen molar-refractivity contribution < 1.29 is 0 Å². The third-order valence-electron chi connectivity index (χ3n) is 16.5. The van der Waals surface area contributed by atoms with Crippen molar-refractivity contribution in [2.45, 2.75) is 299 Å². The molecule has 0 radical (unpaired) electrons. The second-order valence-electron chi connectivity index (χ2n) is 23.1. The van der Waals surface area contributed by atoms with E-state index in [1.165, 1.54) is 321 Å². The zero-order chi connectivity index (χ0) is 52.6. The number of benzene rings is 3. The summed E-state index contributed by atoms with van der Waals surface area (Å²) in [5.74, 6) is 0.180. The van der Waals surface area contributed by atoms with Crippen LogP contribution in [0.5, 0.6) is 0 Å². The molecule has 3 aromatic rings. The molecular weight excluding hydrogens is 883 g/mol. The summed E-state index contributed by atoms with van der Waals surface area (Å²) >= 11 is 0. The van der Waals surface area contributed by atoms with Crippen molar-refractivity contribution >= 4 is 17.1 Å². The molecular formula is C70H121N3. The quantitative estimate of drug-likeness (QED) is 0.0412. The van der Waals surface area contributed by atoms with Crippen LogP contribution in [0.15, 0.2) is 54.6 Å². The van der Waals surface area contributed by atoms with Gasteiger partial charge in [-0.25, -0.2) is 0 Å². The van der Waals surface area contributed by atoms with Crippen molar-refractivity contribution in [3.63, 3.8) is 0 Å². The van der Waals surface area contributed by atoms with Crippen molar-refractivity contribution in [2.75, 3.05) is 54.0 Å². The van der Waals surface area contributed by atoms with E-state index < -0.39 is 0 Å². The van der Waals surface area contributed by atoms with Crippen LogP contribution in [0.2, 0.25) is 0 Å². The summed E-state index contributed by atoms with van der Waals surface area (Å²) in [7, 11) is 0. The molecule has 73 heavy (non-hydrogen) atoms. The minimum Gasteiger partial charge on any atom is -0.372 e. The van der Waals surface area contributed by atoms with Gasteiger partial charge in [0.2, 0.25) is 0 Å². The number of aryl methyl sites for hydroxylation is 3. The number of hydrogen-bond donors (Lipinski definition) is 0. The van der Waals surface area contributed by atoms with E-state index in [0.29, 0.717) is 0 Å². The summed E-state index contributed by atoms with van der Waals surface area (Å²) in [6.07, 6.45) is 48.6. The smallest absolute Gasteiger partial charge is 0.0369 e. The lowest BCUT2D eigenvalue weighted by Gasteiger charge is -2.31. The maximum atomic E-state index is 2.76. The van der Waals surface area contributed by atoms with Crippen LogP contribution >= 0.6 is 0 Å². The Bertz CT molecular complexity index is 1510. The summed E-state index contributed by atoms with van der Waals surface area (Å²) in [4.78, 5) is 8.28. The Hall–Kier alpha value is -2.94. The van der Waals surface area contributed by atoms with E-state index in [1.807, 2.05) is 0 Å². The second-order valence-corrected chi connectivity index (χ2v) is 23.1. The van der Waals surface area contributed by atoms with Crippen LogP contribution in [0, 0.1) is 20.8 Å². The van der Waals surface area contributed by atoms with Gasteiger partial charge in [-0.05, 0) is 129 Å². The van der Waals surface area contributed by atoms with Gasteiger partial charge in [0, 0.05) is 62.2 Å². The van der Waals surface area contributed by atoms with Crippen molar-refractivity contribution in [3.8, 4) is 0 Å². The first-order chi connectivity index (χ1) is 35.8. The van der Waals surface area contributed by atoms with Gasteiger partial charge in [0.1, 0.15) is 0 Å². The van der Waals surface area contributed by atoms with Gasteiger partial charge >= 0.3 is 0 Å². The van der Waals surface area contributed by atoms with Crippen LogP contribution in [-0.2, 0) is 0 Å². The van der Waals surface area contributed by atoms with Crippen LogP contribution in [0.3, 0.4) is 0 Å². The first kappa shape index (κ1) is 64.3. The van der Waals surface area contributed by atoms with E-state index in [-0.39, 0.29) is 5.92 Å². The van der Waals surface area contributed by atoms with Crippen LogP contribution in [0.4, 0.5) is 17.1 Å². The van der Waals surface area contributed by atoms with Crippen molar-refractivity contribution in [2.24, 2.45) is 0 Å². The summed E-state index contributed by atoms with van der Waals surface area (Å²) in [5.41, 5.74) is 13.0. The third kappa shape index (κ3) is 26.6. The number of unbranched alkanes of at least 4 members (excludes halogenated alkanes) is 30. The zero-order valence-corrected chi connectivity index (χ0v) is 50.3. The highest BCUT2D eigenvalue weighted by Crippen LogP contribution is 2.41. The topological polar surface area (TPSA) is 9.72 Å². The maximum absolute atomic E-state index is 2.76. The highest BCUT2D eigenvalue weighted by Gasteiger charge is 2.25. The predicted molar refractivity (Wildman–Crippen MR) is 331 cm³/mol. The lowest BCUT2D eigenvalue weighted by Crippen LogP contribution is -2.26. The van der Waals surface area contributed by atoms with E-state index in [2.05, 4.69) is 132 Å². The second kappa shape index (κ2) is 42.2. The molecule has 0 saturated heterocycles. The minimum absolute atomic E-state index is 0.180. The first-order valence-corrected chi connectivity index (χ1v) is 32.4. The van der Waals surface area contributed by atoms with E-state index in [0.717, 1.165) is 0 Å². The average molecular weight is 1000 g/mol. The highest BCUT2D eigenvalue weighted by atomic mass is 15.1. The fraction of sp³-hybridized carbons (Fsp3) is 0.743. The molecule has 3 heteroatoms. The van der Waals surface area contributed by atoms with Gasteiger partial charge in [0.25, 0.3) is 0 Å². The highest BCUT2D eigenvalue weighted by molar-refractivity contribution is 5.61. The Morgan fingerprint density at radius 1 is 0.247 bits per heavy atom. The molecule has 0 amide bonds. The normalized spacial score (nSPS) is 11.6.